The number of aliphatic carboxylic acids is 1. The highest BCUT2D eigenvalue weighted by atomic mass is 32.2. The van der Waals surface area contributed by atoms with Crippen LogP contribution >= 0.6 is 11.8 Å². The molecule has 0 aliphatic carbocycles. The van der Waals surface area contributed by atoms with Crippen LogP contribution in [-0.4, -0.2) is 28.7 Å². The van der Waals surface area contributed by atoms with Crippen molar-refractivity contribution >= 4 is 23.6 Å². The van der Waals surface area contributed by atoms with E-state index in [4.69, 9.17) is 9.63 Å². The smallest absolute Gasteiger partial charge is 0.308 e. The predicted octanol–water partition coefficient (Wildman–Crippen LogP) is 3.03. The van der Waals surface area contributed by atoms with Gasteiger partial charge in [-0.3, -0.25) is 9.59 Å². The lowest BCUT2D eigenvalue weighted by molar-refractivity contribution is -0.140. The van der Waals surface area contributed by atoms with Crippen molar-refractivity contribution in [1.82, 2.24) is 10.5 Å². The maximum atomic E-state index is 12.3. The summed E-state index contributed by atoms with van der Waals surface area (Å²) in [5.41, 5.74) is 2.40. The van der Waals surface area contributed by atoms with E-state index in [2.05, 4.69) is 10.5 Å². The maximum Gasteiger partial charge on any atom is 0.308 e. The van der Waals surface area contributed by atoms with E-state index in [1.165, 1.54) is 11.8 Å². The first-order chi connectivity index (χ1) is 11.4. The largest absolute Gasteiger partial charge is 0.481 e. The number of rotatable bonds is 7. The number of amides is 1. The average Bonchev–Trinajstić information content (AvgIpc) is 2.88. The molecule has 0 fully saturated rings. The summed E-state index contributed by atoms with van der Waals surface area (Å²) < 4.78 is 5.15. The summed E-state index contributed by atoms with van der Waals surface area (Å²) in [6, 6.07) is 7.26. The first-order valence-electron chi connectivity index (χ1n) is 7.54. The van der Waals surface area contributed by atoms with E-state index < -0.39 is 11.9 Å². The molecule has 2 N–H and O–H groups in total. The van der Waals surface area contributed by atoms with Crippen LogP contribution in [0.1, 0.15) is 34.3 Å². The minimum absolute atomic E-state index is 0.0943. The van der Waals surface area contributed by atoms with E-state index in [1.54, 1.807) is 19.1 Å². The van der Waals surface area contributed by atoms with Gasteiger partial charge in [0.15, 0.2) is 0 Å². The van der Waals surface area contributed by atoms with Gasteiger partial charge in [-0.15, -0.1) is 11.8 Å². The van der Waals surface area contributed by atoms with E-state index in [0.717, 1.165) is 21.9 Å². The van der Waals surface area contributed by atoms with Crippen molar-refractivity contribution < 1.29 is 19.2 Å². The van der Waals surface area contributed by atoms with Gasteiger partial charge in [-0.2, -0.15) is 0 Å². The van der Waals surface area contributed by atoms with Crippen molar-refractivity contribution in [1.29, 1.82) is 0 Å². The molecule has 0 saturated heterocycles. The van der Waals surface area contributed by atoms with E-state index in [-0.39, 0.29) is 12.5 Å². The van der Waals surface area contributed by atoms with Gasteiger partial charge >= 0.3 is 5.97 Å². The minimum Gasteiger partial charge on any atom is -0.481 e. The molecule has 7 heteroatoms. The van der Waals surface area contributed by atoms with E-state index >= 15 is 0 Å². The van der Waals surface area contributed by atoms with Crippen molar-refractivity contribution in [3.05, 3.63) is 46.8 Å². The number of thioether (sulfide) groups is 1. The monoisotopic (exact) mass is 348 g/mol. The van der Waals surface area contributed by atoms with Crippen LogP contribution in [0.4, 0.5) is 0 Å². The Bertz CT molecular complexity index is 722. The Morgan fingerprint density at radius 3 is 2.67 bits per heavy atom. The van der Waals surface area contributed by atoms with Crippen LogP contribution in [0.5, 0.6) is 0 Å². The molecule has 0 aliphatic rings. The lowest BCUT2D eigenvalue weighted by Gasteiger charge is -2.11. The number of benzene rings is 1. The van der Waals surface area contributed by atoms with Gasteiger partial charge in [0.05, 0.1) is 17.2 Å². The molecule has 1 aromatic heterocycles. The summed E-state index contributed by atoms with van der Waals surface area (Å²) in [4.78, 5) is 24.0. The fraction of sp³-hybridized carbons (Fsp3) is 0.353. The van der Waals surface area contributed by atoms with Crippen LogP contribution in [0.2, 0.25) is 0 Å². The van der Waals surface area contributed by atoms with Gasteiger partial charge in [0.2, 0.25) is 0 Å². The predicted molar refractivity (Wildman–Crippen MR) is 91.1 cm³/mol. The summed E-state index contributed by atoms with van der Waals surface area (Å²) in [6.07, 6.45) is 0. The number of nitrogens with zero attached hydrogens (tertiary/aromatic N) is 1. The molecule has 1 unspecified atom stereocenters. The zero-order valence-corrected chi connectivity index (χ0v) is 14.6. The third-order valence-electron chi connectivity index (χ3n) is 3.68. The van der Waals surface area contributed by atoms with Gasteiger partial charge in [0.25, 0.3) is 5.91 Å². The van der Waals surface area contributed by atoms with Gasteiger partial charge in [-0.25, -0.2) is 0 Å². The second-order valence-electron chi connectivity index (χ2n) is 5.54. The van der Waals surface area contributed by atoms with Crippen LogP contribution < -0.4 is 5.32 Å². The molecule has 2 rings (SSSR count). The number of aryl methyl sites for hydroxylation is 2. The van der Waals surface area contributed by atoms with Crippen molar-refractivity contribution in [3.63, 3.8) is 0 Å². The molecule has 0 bridgehead atoms. The Hall–Kier alpha value is -2.28. The standard InChI is InChI=1S/C17H20N2O4S/c1-10(17(21)22)8-18-16(20)13-6-4-5-7-15(13)24-9-14-11(2)19-23-12(14)3/h4-7,10H,8-9H2,1-3H3,(H,18,20)(H,21,22). The second-order valence-corrected chi connectivity index (χ2v) is 6.55. The molecule has 0 radical (unpaired) electrons. The van der Waals surface area contributed by atoms with Crippen molar-refractivity contribution in [2.24, 2.45) is 5.92 Å². The zero-order chi connectivity index (χ0) is 17.7. The first-order valence-corrected chi connectivity index (χ1v) is 8.53. The number of hydrogen-bond donors (Lipinski definition) is 2. The number of carboxylic acids is 1. The molecule has 1 atom stereocenters. The molecule has 24 heavy (non-hydrogen) atoms. The molecule has 1 amide bonds. The third-order valence-corrected chi connectivity index (χ3v) is 4.78. The SMILES string of the molecule is Cc1noc(C)c1CSc1ccccc1C(=O)NCC(C)C(=O)O. The number of carbonyl (C=O) groups is 2. The van der Waals surface area contributed by atoms with Gasteiger partial charge < -0.3 is 14.9 Å². The molecule has 0 spiro atoms. The van der Waals surface area contributed by atoms with Crippen molar-refractivity contribution in [3.8, 4) is 0 Å². The quantitative estimate of drug-likeness (QED) is 0.747. The third kappa shape index (κ3) is 4.38. The molecule has 1 aromatic carbocycles. The summed E-state index contributed by atoms with van der Waals surface area (Å²) in [5.74, 6) is -0.411. The summed E-state index contributed by atoms with van der Waals surface area (Å²) in [5, 5.41) is 15.5. The maximum absolute atomic E-state index is 12.3. The number of carboxylic acid groups (broad SMARTS) is 1. The number of nitrogens with one attached hydrogen (secondary N) is 1. The van der Waals surface area contributed by atoms with Crippen LogP contribution in [0.15, 0.2) is 33.7 Å². The summed E-state index contributed by atoms with van der Waals surface area (Å²) >= 11 is 1.52. The lowest BCUT2D eigenvalue weighted by atomic mass is 10.1. The Kier molecular flexibility index (Phi) is 6.03. The Balaban J connectivity index is 2.07. The van der Waals surface area contributed by atoms with E-state index in [0.29, 0.717) is 11.3 Å². The summed E-state index contributed by atoms with van der Waals surface area (Å²) in [6.45, 7) is 5.40. The van der Waals surface area contributed by atoms with Crippen LogP contribution in [-0.2, 0) is 10.5 Å². The molecule has 1 heterocycles. The Morgan fingerprint density at radius 1 is 1.33 bits per heavy atom. The zero-order valence-electron chi connectivity index (χ0n) is 13.8. The highest BCUT2D eigenvalue weighted by Crippen LogP contribution is 2.28. The van der Waals surface area contributed by atoms with Gasteiger partial charge in [-0.1, -0.05) is 24.2 Å². The lowest BCUT2D eigenvalue weighted by Crippen LogP contribution is -2.31. The number of aromatic nitrogens is 1. The summed E-state index contributed by atoms with van der Waals surface area (Å²) in [7, 11) is 0. The van der Waals surface area contributed by atoms with Crippen LogP contribution in [0, 0.1) is 19.8 Å². The van der Waals surface area contributed by atoms with Gasteiger partial charge in [0.1, 0.15) is 5.76 Å². The Morgan fingerprint density at radius 2 is 2.04 bits per heavy atom. The fourth-order valence-corrected chi connectivity index (χ4v) is 3.27. The van der Waals surface area contributed by atoms with Crippen molar-refractivity contribution in [2.75, 3.05) is 6.54 Å². The number of hydrogen-bond acceptors (Lipinski definition) is 5. The van der Waals surface area contributed by atoms with E-state index in [9.17, 15) is 9.59 Å². The Labute approximate surface area is 144 Å². The molecule has 2 aromatic rings. The average molecular weight is 348 g/mol. The molecule has 128 valence electrons. The van der Waals surface area contributed by atoms with Crippen LogP contribution in [0.25, 0.3) is 0 Å². The fourth-order valence-electron chi connectivity index (χ4n) is 2.07. The van der Waals surface area contributed by atoms with E-state index in [1.807, 2.05) is 26.0 Å². The first kappa shape index (κ1) is 18.1. The van der Waals surface area contributed by atoms with Gasteiger partial charge in [-0.05, 0) is 26.0 Å². The molecular weight excluding hydrogens is 328 g/mol. The molecular formula is C17H20N2O4S. The molecule has 0 aliphatic heterocycles. The highest BCUT2D eigenvalue weighted by Gasteiger charge is 2.16. The van der Waals surface area contributed by atoms with Crippen LogP contribution in [0.3, 0.4) is 0 Å². The highest BCUT2D eigenvalue weighted by molar-refractivity contribution is 7.98. The van der Waals surface area contributed by atoms with Crippen molar-refractivity contribution in [2.45, 2.75) is 31.4 Å². The van der Waals surface area contributed by atoms with Gasteiger partial charge in [0, 0.05) is 22.8 Å². The topological polar surface area (TPSA) is 92.4 Å². The second kappa shape index (κ2) is 8.01. The minimum atomic E-state index is -0.934. The normalized spacial score (nSPS) is 12.0. The molecule has 6 nitrogen and oxygen atoms in total. The number of carbonyl (C=O) groups excluding carboxylic acids is 1. The molecule has 0 saturated carbocycles.